The van der Waals surface area contributed by atoms with Crippen LogP contribution in [-0.4, -0.2) is 35.8 Å². The van der Waals surface area contributed by atoms with E-state index in [0.29, 0.717) is 16.1 Å². The lowest BCUT2D eigenvalue weighted by Gasteiger charge is -2.38. The van der Waals surface area contributed by atoms with Gasteiger partial charge in [0.05, 0.1) is 39.8 Å². The number of allylic oxidation sites excluding steroid dienone is 1. The quantitative estimate of drug-likeness (QED) is 0.135. The molecule has 0 fully saturated rings. The Morgan fingerprint density at radius 1 is 0.974 bits per heavy atom. The van der Waals surface area contributed by atoms with Crippen molar-refractivity contribution in [1.82, 2.24) is 14.9 Å². The minimum Gasteiger partial charge on any atom is -0.410 e. The summed E-state index contributed by atoms with van der Waals surface area (Å²) < 4.78 is 9.06. The smallest absolute Gasteiger partial charge is 0.259 e. The zero-order chi connectivity index (χ0) is 27.4. The number of aromatic amines is 1. The van der Waals surface area contributed by atoms with Gasteiger partial charge in [0, 0.05) is 38.5 Å². The Morgan fingerprint density at radius 2 is 1.69 bits per heavy atom. The number of nitrogens with one attached hydrogen (secondary N) is 2. The molecule has 0 saturated carbocycles. The molecule has 198 valence electrons. The van der Waals surface area contributed by atoms with Gasteiger partial charge in [0.25, 0.3) is 11.8 Å². The van der Waals surface area contributed by atoms with Crippen LogP contribution in [0.25, 0.3) is 43.6 Å². The largest absolute Gasteiger partial charge is 0.410 e. The molecule has 0 radical (unpaired) electrons. The maximum atomic E-state index is 13.3. The van der Waals surface area contributed by atoms with Gasteiger partial charge in [0.15, 0.2) is 8.32 Å². The van der Waals surface area contributed by atoms with Crippen LogP contribution in [0.1, 0.15) is 53.9 Å². The van der Waals surface area contributed by atoms with E-state index < -0.39 is 8.32 Å². The number of amides is 2. The number of benzene rings is 3. The Hall–Kier alpha value is -3.39. The number of aromatic nitrogens is 2. The summed E-state index contributed by atoms with van der Waals surface area (Å²) in [5.41, 5.74) is 4.49. The van der Waals surface area contributed by atoms with E-state index in [9.17, 15) is 9.59 Å². The second-order valence-electron chi connectivity index (χ2n) is 12.3. The fraction of sp³-hybridized carbons (Fsp3) is 0.290. The van der Waals surface area contributed by atoms with Crippen molar-refractivity contribution < 1.29 is 14.0 Å². The van der Waals surface area contributed by atoms with Crippen LogP contribution in [0.5, 0.6) is 0 Å². The molecule has 1 aliphatic carbocycles. The number of carbonyl (C=O) groups is 2. The summed E-state index contributed by atoms with van der Waals surface area (Å²) in [6.07, 6.45) is 5.17. The lowest BCUT2D eigenvalue weighted by Crippen LogP contribution is -2.43. The van der Waals surface area contributed by atoms with Crippen molar-refractivity contribution in [2.45, 2.75) is 57.5 Å². The van der Waals surface area contributed by atoms with Gasteiger partial charge in [-0.05, 0) is 36.3 Å². The van der Waals surface area contributed by atoms with E-state index in [0.717, 1.165) is 50.0 Å². The van der Waals surface area contributed by atoms with Crippen LogP contribution in [0, 0.1) is 0 Å². The number of rotatable bonds is 3. The molecule has 0 unspecified atom stereocenters. The molecule has 3 aromatic carbocycles. The van der Waals surface area contributed by atoms with Gasteiger partial charge in [-0.15, -0.1) is 0 Å². The molecule has 2 aromatic heterocycles. The number of imide groups is 1. The number of carbonyl (C=O) groups excluding carboxylic acids is 2. The molecule has 2 N–H and O–H groups in total. The van der Waals surface area contributed by atoms with E-state index in [1.165, 1.54) is 0 Å². The normalized spacial score (nSPS) is 19.7. The van der Waals surface area contributed by atoms with Crippen LogP contribution in [0.15, 0.2) is 54.6 Å². The average Bonchev–Trinajstić information content (AvgIpc) is 3.60. The first-order chi connectivity index (χ1) is 18.5. The summed E-state index contributed by atoms with van der Waals surface area (Å²) in [4.78, 5) is 30.1. The molecular formula is C31H30ClN3O3Si. The molecule has 0 spiro atoms. The van der Waals surface area contributed by atoms with Crippen molar-refractivity contribution in [1.29, 1.82) is 0 Å². The molecule has 2 atom stereocenters. The third kappa shape index (κ3) is 3.43. The van der Waals surface area contributed by atoms with Crippen molar-refractivity contribution in [3.05, 3.63) is 70.8 Å². The van der Waals surface area contributed by atoms with Gasteiger partial charge >= 0.3 is 0 Å². The third-order valence-corrected chi connectivity index (χ3v) is 13.7. The molecule has 0 saturated heterocycles. The molecular weight excluding hydrogens is 526 g/mol. The molecule has 8 heteroatoms. The van der Waals surface area contributed by atoms with Gasteiger partial charge in [-0.1, -0.05) is 68.8 Å². The Morgan fingerprint density at radius 3 is 2.44 bits per heavy atom. The standard InChI is InChI=1S/C31H30ClN3O3Si/c1-31(2,3)39(4,5)38-18-12-11-17(15-18)35-22-14-16(32)10-13-20(22)24-26-25(29(36)34-30(26)37)23-19-8-6-7-9-21(19)33-27(23)28(24)35/h6-14,17-18,33H,15H2,1-5H3,(H,34,36,37)/t17-,18+/m1/s1. The molecule has 2 amide bonds. The minimum absolute atomic E-state index is 0.0000781. The first-order valence-corrected chi connectivity index (χ1v) is 16.7. The number of nitrogens with zero attached hydrogens (tertiary/aromatic N) is 1. The number of hydrogen-bond acceptors (Lipinski definition) is 3. The zero-order valence-electron chi connectivity index (χ0n) is 22.6. The van der Waals surface area contributed by atoms with Crippen LogP contribution < -0.4 is 5.32 Å². The predicted octanol–water partition coefficient (Wildman–Crippen LogP) is 7.86. The van der Waals surface area contributed by atoms with Gasteiger partial charge in [-0.25, -0.2) is 0 Å². The van der Waals surface area contributed by atoms with Crippen molar-refractivity contribution in [2.75, 3.05) is 0 Å². The Kier molecular flexibility index (Phi) is 5.10. The summed E-state index contributed by atoms with van der Waals surface area (Å²) in [5, 5.41) is 6.67. The molecule has 39 heavy (non-hydrogen) atoms. The maximum absolute atomic E-state index is 13.3. The van der Waals surface area contributed by atoms with E-state index in [1.807, 2.05) is 42.5 Å². The SMILES string of the molecule is CC(C)(C)[Si](C)(C)O[C@H]1C=C[C@@H](n2c3cc(Cl)ccc3c3c4c(c5c6ccccc6[nH]c5c32)C(=O)NC4=O)C1. The van der Waals surface area contributed by atoms with Gasteiger partial charge in [0.2, 0.25) is 0 Å². The lowest BCUT2D eigenvalue weighted by atomic mass is 9.96. The molecule has 3 heterocycles. The van der Waals surface area contributed by atoms with Crippen molar-refractivity contribution >= 4 is 75.3 Å². The second-order valence-corrected chi connectivity index (χ2v) is 17.5. The van der Waals surface area contributed by atoms with Crippen LogP contribution in [0.2, 0.25) is 23.2 Å². The predicted molar refractivity (Wildman–Crippen MR) is 160 cm³/mol. The number of fused-ring (bicyclic) bond motifs is 10. The average molecular weight is 556 g/mol. The van der Waals surface area contributed by atoms with Crippen LogP contribution >= 0.6 is 11.6 Å². The summed E-state index contributed by atoms with van der Waals surface area (Å²) in [6.45, 7) is 11.3. The Balaban J connectivity index is 1.54. The number of hydrogen-bond donors (Lipinski definition) is 2. The highest BCUT2D eigenvalue weighted by atomic mass is 35.5. The van der Waals surface area contributed by atoms with Crippen LogP contribution in [0.3, 0.4) is 0 Å². The minimum atomic E-state index is -1.98. The molecule has 5 aromatic rings. The van der Waals surface area contributed by atoms with Crippen molar-refractivity contribution in [3.8, 4) is 0 Å². The van der Waals surface area contributed by atoms with Crippen molar-refractivity contribution in [2.24, 2.45) is 0 Å². The summed E-state index contributed by atoms with van der Waals surface area (Å²) in [6, 6.07) is 13.7. The van der Waals surface area contributed by atoms with Crippen molar-refractivity contribution in [3.63, 3.8) is 0 Å². The molecule has 0 bridgehead atoms. The topological polar surface area (TPSA) is 76.1 Å². The number of H-pyrrole nitrogens is 1. The van der Waals surface area contributed by atoms with Crippen LogP contribution in [-0.2, 0) is 4.43 Å². The lowest BCUT2D eigenvalue weighted by molar-refractivity contribution is 0.0880. The van der Waals surface area contributed by atoms with E-state index in [4.69, 9.17) is 16.0 Å². The molecule has 1 aliphatic heterocycles. The third-order valence-electron chi connectivity index (χ3n) is 8.95. The van der Waals surface area contributed by atoms with E-state index >= 15 is 0 Å². The van der Waals surface area contributed by atoms with Gasteiger partial charge in [0.1, 0.15) is 0 Å². The monoisotopic (exact) mass is 555 g/mol. The van der Waals surface area contributed by atoms with E-state index in [2.05, 4.69) is 60.9 Å². The van der Waals surface area contributed by atoms with Gasteiger partial charge in [-0.2, -0.15) is 0 Å². The Bertz CT molecular complexity index is 1920. The highest BCUT2D eigenvalue weighted by molar-refractivity contribution is 6.74. The maximum Gasteiger partial charge on any atom is 0.259 e. The second kappa shape index (κ2) is 8.07. The fourth-order valence-corrected chi connectivity index (χ4v) is 7.57. The first-order valence-electron chi connectivity index (χ1n) is 13.4. The Labute approximate surface area is 232 Å². The summed E-state index contributed by atoms with van der Waals surface area (Å²) in [7, 11) is -1.98. The van der Waals surface area contributed by atoms with Gasteiger partial charge in [-0.3, -0.25) is 14.9 Å². The molecule has 2 aliphatic rings. The van der Waals surface area contributed by atoms with E-state index in [-0.39, 0.29) is 29.0 Å². The molecule has 7 rings (SSSR count). The van der Waals surface area contributed by atoms with Gasteiger partial charge < -0.3 is 14.0 Å². The number of halogens is 1. The summed E-state index contributed by atoms with van der Waals surface area (Å²) >= 11 is 6.55. The number of para-hydroxylation sites is 1. The highest BCUT2D eigenvalue weighted by Gasteiger charge is 2.41. The van der Waals surface area contributed by atoms with E-state index in [1.54, 1.807) is 0 Å². The van der Waals surface area contributed by atoms with Crippen LogP contribution in [0.4, 0.5) is 0 Å². The first kappa shape index (κ1) is 24.6. The molecule has 6 nitrogen and oxygen atoms in total. The summed E-state index contributed by atoms with van der Waals surface area (Å²) in [5.74, 6) is -0.715. The highest BCUT2D eigenvalue weighted by Crippen LogP contribution is 2.47. The fourth-order valence-electron chi connectivity index (χ4n) is 6.12. The zero-order valence-corrected chi connectivity index (χ0v) is 24.4.